The van der Waals surface area contributed by atoms with Crippen LogP contribution in [0.1, 0.15) is 31.3 Å². The molecule has 160 valence electrons. The van der Waals surface area contributed by atoms with Crippen molar-refractivity contribution in [2.75, 3.05) is 0 Å². The van der Waals surface area contributed by atoms with Crippen LogP contribution < -0.4 is 10.9 Å². The first-order valence-corrected chi connectivity index (χ1v) is 9.38. The van der Waals surface area contributed by atoms with Gasteiger partial charge in [-0.25, -0.2) is 4.98 Å². The number of amides is 2. The van der Waals surface area contributed by atoms with Gasteiger partial charge in [-0.3, -0.25) is 30.6 Å². The molecule has 0 aliphatic rings. The minimum atomic E-state index is -4.45. The molecule has 12 heteroatoms. The number of carbonyl (C=O) groups is 2. The zero-order chi connectivity index (χ0) is 22.8. The molecule has 8 nitrogen and oxygen atoms in total. The van der Waals surface area contributed by atoms with E-state index < -0.39 is 28.5 Å². The summed E-state index contributed by atoms with van der Waals surface area (Å²) in [7, 11) is 0. The molecule has 1 heterocycles. The summed E-state index contributed by atoms with van der Waals surface area (Å²) in [6.45, 7) is 1.55. The van der Waals surface area contributed by atoms with Crippen molar-refractivity contribution in [1.82, 2.24) is 15.8 Å². The Morgan fingerprint density at radius 3 is 2.13 bits per heavy atom. The van der Waals surface area contributed by atoms with E-state index in [2.05, 4.69) is 15.8 Å². The number of nitro benzene ring substituents is 1. The zero-order valence-corrected chi connectivity index (χ0v) is 16.5. The molecule has 0 bridgehead atoms. The standard InChI is InChI=1S/C19H13F3N4O4S/c1-10-15(31-18(23-10)12-2-6-13(7-3-12)19(20,21)22)17(28)25-24-16(27)11-4-8-14(9-5-11)26(29)30/h2-9H,1H3,(H,24,27)(H,25,28). The van der Waals surface area contributed by atoms with Crippen molar-refractivity contribution in [3.63, 3.8) is 0 Å². The van der Waals surface area contributed by atoms with Crippen LogP contribution in [0.2, 0.25) is 0 Å². The molecule has 2 amide bonds. The Hall–Kier alpha value is -3.80. The lowest BCUT2D eigenvalue weighted by Crippen LogP contribution is -2.41. The highest BCUT2D eigenvalue weighted by Gasteiger charge is 2.30. The number of hydrogen-bond donors (Lipinski definition) is 2. The van der Waals surface area contributed by atoms with Gasteiger partial charge in [0.25, 0.3) is 17.5 Å². The first kappa shape index (κ1) is 21.9. The van der Waals surface area contributed by atoms with E-state index in [1.54, 1.807) is 6.92 Å². The fourth-order valence-corrected chi connectivity index (χ4v) is 3.48. The average molecular weight is 450 g/mol. The van der Waals surface area contributed by atoms with Crippen LogP contribution in [-0.2, 0) is 6.18 Å². The zero-order valence-electron chi connectivity index (χ0n) is 15.7. The van der Waals surface area contributed by atoms with Gasteiger partial charge in [-0.2, -0.15) is 13.2 Å². The van der Waals surface area contributed by atoms with Crippen molar-refractivity contribution in [2.24, 2.45) is 0 Å². The summed E-state index contributed by atoms with van der Waals surface area (Å²) in [5, 5.41) is 11.0. The van der Waals surface area contributed by atoms with Crippen LogP contribution >= 0.6 is 11.3 Å². The average Bonchev–Trinajstić information content (AvgIpc) is 3.13. The number of thiazole rings is 1. The van der Waals surface area contributed by atoms with Gasteiger partial charge in [0.1, 0.15) is 9.88 Å². The topological polar surface area (TPSA) is 114 Å². The predicted molar refractivity (Wildman–Crippen MR) is 105 cm³/mol. The summed E-state index contributed by atoms with van der Waals surface area (Å²) >= 11 is 0.956. The van der Waals surface area contributed by atoms with Gasteiger partial charge < -0.3 is 0 Å². The molecule has 1 aromatic heterocycles. The van der Waals surface area contributed by atoms with Crippen molar-refractivity contribution in [3.8, 4) is 10.6 Å². The maximum absolute atomic E-state index is 12.7. The van der Waals surface area contributed by atoms with E-state index in [4.69, 9.17) is 0 Å². The first-order valence-electron chi connectivity index (χ1n) is 8.56. The largest absolute Gasteiger partial charge is 0.416 e. The minimum Gasteiger partial charge on any atom is -0.267 e. The monoisotopic (exact) mass is 450 g/mol. The number of hydrazine groups is 1. The second-order valence-electron chi connectivity index (χ2n) is 6.22. The number of halogens is 3. The second kappa shape index (κ2) is 8.52. The Labute approximate surface area is 176 Å². The van der Waals surface area contributed by atoms with E-state index in [0.717, 1.165) is 35.6 Å². The van der Waals surface area contributed by atoms with E-state index in [-0.39, 0.29) is 16.1 Å². The third kappa shape index (κ3) is 5.04. The number of rotatable bonds is 4. The van der Waals surface area contributed by atoms with Crippen LogP contribution in [-0.4, -0.2) is 21.7 Å². The molecule has 0 aliphatic carbocycles. The molecular weight excluding hydrogens is 437 g/mol. The SMILES string of the molecule is Cc1nc(-c2ccc(C(F)(F)F)cc2)sc1C(=O)NNC(=O)c1ccc([N+](=O)[O-])cc1. The van der Waals surface area contributed by atoms with Crippen LogP contribution in [0.15, 0.2) is 48.5 Å². The highest BCUT2D eigenvalue weighted by Crippen LogP contribution is 2.32. The van der Waals surface area contributed by atoms with E-state index >= 15 is 0 Å². The molecule has 0 radical (unpaired) electrons. The lowest BCUT2D eigenvalue weighted by atomic mass is 10.1. The summed E-state index contributed by atoms with van der Waals surface area (Å²) < 4.78 is 38.1. The fourth-order valence-electron chi connectivity index (χ4n) is 2.51. The summed E-state index contributed by atoms with van der Waals surface area (Å²) in [5.41, 5.74) is 4.27. The van der Waals surface area contributed by atoms with E-state index in [1.807, 2.05) is 0 Å². The van der Waals surface area contributed by atoms with Crippen LogP contribution in [0, 0.1) is 17.0 Å². The summed E-state index contributed by atoms with van der Waals surface area (Å²) in [6, 6.07) is 9.16. The summed E-state index contributed by atoms with van der Waals surface area (Å²) in [4.78, 5) is 38.9. The molecule has 2 N–H and O–H groups in total. The van der Waals surface area contributed by atoms with Gasteiger partial charge in [0, 0.05) is 23.3 Å². The fraction of sp³-hybridized carbons (Fsp3) is 0.105. The third-order valence-electron chi connectivity index (χ3n) is 4.09. The quantitative estimate of drug-likeness (QED) is 0.458. The lowest BCUT2D eigenvalue weighted by molar-refractivity contribution is -0.384. The number of non-ortho nitro benzene ring substituents is 1. The Morgan fingerprint density at radius 2 is 1.58 bits per heavy atom. The molecule has 0 spiro atoms. The predicted octanol–water partition coefficient (Wildman–Crippen LogP) is 4.12. The molecule has 31 heavy (non-hydrogen) atoms. The molecule has 0 saturated carbocycles. The van der Waals surface area contributed by atoms with E-state index in [9.17, 15) is 32.9 Å². The van der Waals surface area contributed by atoms with E-state index in [0.29, 0.717) is 16.3 Å². The van der Waals surface area contributed by atoms with Gasteiger partial charge in [-0.1, -0.05) is 12.1 Å². The number of nitrogens with zero attached hydrogens (tertiary/aromatic N) is 2. The van der Waals surface area contributed by atoms with Gasteiger partial charge in [-0.15, -0.1) is 11.3 Å². The van der Waals surface area contributed by atoms with Crippen molar-refractivity contribution in [2.45, 2.75) is 13.1 Å². The van der Waals surface area contributed by atoms with Gasteiger partial charge in [-0.05, 0) is 31.2 Å². The molecule has 3 rings (SSSR count). The highest BCUT2D eigenvalue weighted by molar-refractivity contribution is 7.17. The Bertz CT molecular complexity index is 1140. The maximum Gasteiger partial charge on any atom is 0.416 e. The third-order valence-corrected chi connectivity index (χ3v) is 5.30. The van der Waals surface area contributed by atoms with Crippen molar-refractivity contribution in [1.29, 1.82) is 0 Å². The van der Waals surface area contributed by atoms with Crippen molar-refractivity contribution < 1.29 is 27.7 Å². The number of nitro groups is 1. The van der Waals surface area contributed by atoms with Crippen LogP contribution in [0.5, 0.6) is 0 Å². The number of benzene rings is 2. The normalized spacial score (nSPS) is 11.1. The first-order chi connectivity index (χ1) is 14.6. The molecule has 0 fully saturated rings. The number of aromatic nitrogens is 1. The summed E-state index contributed by atoms with van der Waals surface area (Å²) in [6.07, 6.45) is -4.45. The number of aryl methyl sites for hydroxylation is 1. The molecule has 0 atom stereocenters. The smallest absolute Gasteiger partial charge is 0.267 e. The minimum absolute atomic E-state index is 0.0948. The molecule has 2 aromatic carbocycles. The molecule has 0 unspecified atom stereocenters. The molecular formula is C19H13F3N4O4S. The number of hydrogen-bond acceptors (Lipinski definition) is 6. The number of carbonyl (C=O) groups excluding carboxylic acids is 2. The van der Waals surface area contributed by atoms with Gasteiger partial charge in [0.2, 0.25) is 0 Å². The molecule has 3 aromatic rings. The van der Waals surface area contributed by atoms with Crippen LogP contribution in [0.25, 0.3) is 10.6 Å². The van der Waals surface area contributed by atoms with Crippen molar-refractivity contribution in [3.05, 3.63) is 80.3 Å². The maximum atomic E-state index is 12.7. The number of alkyl halides is 3. The van der Waals surface area contributed by atoms with Crippen LogP contribution in [0.4, 0.5) is 18.9 Å². The molecule has 0 saturated heterocycles. The van der Waals surface area contributed by atoms with Crippen LogP contribution in [0.3, 0.4) is 0 Å². The second-order valence-corrected chi connectivity index (χ2v) is 7.22. The highest BCUT2D eigenvalue weighted by atomic mass is 32.1. The van der Waals surface area contributed by atoms with Gasteiger partial charge in [0.15, 0.2) is 0 Å². The number of nitrogens with one attached hydrogen (secondary N) is 2. The Kier molecular flexibility index (Phi) is 6.02. The Morgan fingerprint density at radius 1 is 1.00 bits per heavy atom. The molecule has 0 aliphatic heterocycles. The van der Waals surface area contributed by atoms with E-state index in [1.165, 1.54) is 24.3 Å². The van der Waals surface area contributed by atoms with Crippen molar-refractivity contribution >= 4 is 28.8 Å². The van der Waals surface area contributed by atoms with Gasteiger partial charge in [0.05, 0.1) is 16.2 Å². The van der Waals surface area contributed by atoms with Gasteiger partial charge >= 0.3 is 6.18 Å². The lowest BCUT2D eigenvalue weighted by Gasteiger charge is -2.06. The summed E-state index contributed by atoms with van der Waals surface area (Å²) in [5.74, 6) is -1.35. The Balaban J connectivity index is 1.68.